The lowest BCUT2D eigenvalue weighted by Gasteiger charge is -2.11. The predicted molar refractivity (Wildman–Crippen MR) is 83.0 cm³/mol. The molecule has 0 heterocycles. The zero-order chi connectivity index (χ0) is 18.4. The molecule has 0 saturated carbocycles. The van der Waals surface area contributed by atoms with Gasteiger partial charge in [-0.25, -0.2) is 8.78 Å². The quantitative estimate of drug-likeness (QED) is 0.772. The highest BCUT2D eigenvalue weighted by Crippen LogP contribution is 2.30. The third kappa shape index (κ3) is 5.44. The minimum atomic E-state index is -4.47. The van der Waals surface area contributed by atoms with Crippen molar-refractivity contribution in [3.8, 4) is 0 Å². The van der Waals surface area contributed by atoms with Crippen molar-refractivity contribution in [2.75, 3.05) is 18.4 Å². The maximum absolute atomic E-state index is 13.4. The summed E-state index contributed by atoms with van der Waals surface area (Å²) in [7, 11) is 0. The van der Waals surface area contributed by atoms with E-state index in [9.17, 15) is 26.7 Å². The van der Waals surface area contributed by atoms with Crippen LogP contribution in [0.1, 0.15) is 11.1 Å². The van der Waals surface area contributed by atoms with Crippen molar-refractivity contribution >= 4 is 11.6 Å². The summed E-state index contributed by atoms with van der Waals surface area (Å²) in [5.74, 6) is -1.90. The number of benzene rings is 2. The van der Waals surface area contributed by atoms with Crippen LogP contribution in [0.2, 0.25) is 0 Å². The molecule has 25 heavy (non-hydrogen) atoms. The summed E-state index contributed by atoms with van der Waals surface area (Å²) >= 11 is 0. The van der Waals surface area contributed by atoms with Crippen molar-refractivity contribution in [2.45, 2.75) is 12.6 Å². The maximum Gasteiger partial charge on any atom is 0.416 e. The first kappa shape index (κ1) is 18.7. The van der Waals surface area contributed by atoms with E-state index in [1.807, 2.05) is 0 Å². The van der Waals surface area contributed by atoms with Crippen molar-refractivity contribution < 1.29 is 26.7 Å². The Kier molecular flexibility index (Phi) is 5.95. The number of halogens is 5. The fourth-order valence-corrected chi connectivity index (χ4v) is 2.15. The van der Waals surface area contributed by atoms with Gasteiger partial charge in [0.25, 0.3) is 0 Å². The van der Waals surface area contributed by atoms with Gasteiger partial charge in [0.05, 0.1) is 12.1 Å². The standard InChI is InChI=1S/C17H15F5N2O/c18-14-5-2-6-15(19)13(14)7-8-23-16(25)10-24-12-4-1-3-11(9-12)17(20,21)22/h1-6,9,24H,7-8,10H2,(H,23,25). The number of alkyl halides is 3. The molecule has 0 aliphatic heterocycles. The SMILES string of the molecule is O=C(CNc1cccc(C(F)(F)F)c1)NCCc1c(F)cccc1F. The number of hydrogen-bond acceptors (Lipinski definition) is 2. The molecule has 0 saturated heterocycles. The van der Waals surface area contributed by atoms with Crippen LogP contribution in [-0.4, -0.2) is 19.0 Å². The Morgan fingerprint density at radius 1 is 1.00 bits per heavy atom. The topological polar surface area (TPSA) is 41.1 Å². The number of hydrogen-bond donors (Lipinski definition) is 2. The minimum absolute atomic E-state index is 0.000950. The van der Waals surface area contributed by atoms with Gasteiger partial charge < -0.3 is 10.6 Å². The highest BCUT2D eigenvalue weighted by atomic mass is 19.4. The fourth-order valence-electron chi connectivity index (χ4n) is 2.15. The molecule has 0 fully saturated rings. The van der Waals surface area contributed by atoms with Crippen LogP contribution >= 0.6 is 0 Å². The second-order valence-electron chi connectivity index (χ2n) is 5.23. The summed E-state index contributed by atoms with van der Waals surface area (Å²) in [6.45, 7) is -0.262. The van der Waals surface area contributed by atoms with E-state index in [2.05, 4.69) is 10.6 Å². The summed E-state index contributed by atoms with van der Waals surface area (Å²) in [5, 5.41) is 5.01. The Labute approximate surface area is 140 Å². The Hall–Kier alpha value is -2.64. The Bertz CT molecular complexity index is 726. The highest BCUT2D eigenvalue weighted by molar-refractivity contribution is 5.80. The Morgan fingerprint density at radius 3 is 2.28 bits per heavy atom. The van der Waals surface area contributed by atoms with Crippen LogP contribution in [0.4, 0.5) is 27.6 Å². The lowest BCUT2D eigenvalue weighted by atomic mass is 10.1. The molecule has 3 nitrogen and oxygen atoms in total. The molecule has 2 aromatic rings. The predicted octanol–water partition coefficient (Wildman–Crippen LogP) is 3.75. The van der Waals surface area contributed by atoms with E-state index < -0.39 is 29.3 Å². The number of rotatable bonds is 6. The van der Waals surface area contributed by atoms with Crippen molar-refractivity contribution in [2.24, 2.45) is 0 Å². The van der Waals surface area contributed by atoms with Gasteiger partial charge in [-0.2, -0.15) is 13.2 Å². The molecular formula is C17H15F5N2O. The first-order valence-corrected chi connectivity index (χ1v) is 7.38. The smallest absolute Gasteiger partial charge is 0.376 e. The third-order valence-electron chi connectivity index (χ3n) is 3.40. The summed E-state index contributed by atoms with van der Waals surface area (Å²) in [6.07, 6.45) is -4.50. The van der Waals surface area contributed by atoms with E-state index in [0.717, 1.165) is 24.3 Å². The van der Waals surface area contributed by atoms with Crippen LogP contribution in [0, 0.1) is 11.6 Å². The second-order valence-corrected chi connectivity index (χ2v) is 5.23. The molecule has 0 atom stereocenters. The lowest BCUT2D eigenvalue weighted by molar-refractivity contribution is -0.137. The molecular weight excluding hydrogens is 343 g/mol. The van der Waals surface area contributed by atoms with Gasteiger partial charge in [0.1, 0.15) is 11.6 Å². The normalized spacial score (nSPS) is 11.2. The van der Waals surface area contributed by atoms with E-state index in [-0.39, 0.29) is 30.8 Å². The molecule has 0 aliphatic rings. The molecule has 1 amide bonds. The van der Waals surface area contributed by atoms with E-state index in [4.69, 9.17) is 0 Å². The van der Waals surface area contributed by atoms with Crippen LogP contribution < -0.4 is 10.6 Å². The molecule has 2 aromatic carbocycles. The van der Waals surface area contributed by atoms with Crippen LogP contribution in [-0.2, 0) is 17.4 Å². The molecule has 2 rings (SSSR count). The molecule has 2 N–H and O–H groups in total. The van der Waals surface area contributed by atoms with E-state index >= 15 is 0 Å². The van der Waals surface area contributed by atoms with Crippen LogP contribution in [0.3, 0.4) is 0 Å². The van der Waals surface area contributed by atoms with Crippen molar-refractivity contribution in [1.29, 1.82) is 0 Å². The van der Waals surface area contributed by atoms with Crippen LogP contribution in [0.25, 0.3) is 0 Å². The molecule has 0 spiro atoms. The second kappa shape index (κ2) is 7.96. The first-order chi connectivity index (χ1) is 11.8. The molecule has 0 unspecified atom stereocenters. The number of nitrogens with one attached hydrogen (secondary N) is 2. The summed E-state index contributed by atoms with van der Waals surface area (Å²) in [4.78, 5) is 11.7. The van der Waals surface area contributed by atoms with Gasteiger partial charge in [-0.05, 0) is 36.8 Å². The number of anilines is 1. The number of carbonyl (C=O) groups is 1. The van der Waals surface area contributed by atoms with Gasteiger partial charge >= 0.3 is 6.18 Å². The van der Waals surface area contributed by atoms with Gasteiger partial charge in [-0.15, -0.1) is 0 Å². The Balaban J connectivity index is 1.81. The highest BCUT2D eigenvalue weighted by Gasteiger charge is 2.30. The maximum atomic E-state index is 13.4. The van der Waals surface area contributed by atoms with E-state index in [0.29, 0.717) is 0 Å². The van der Waals surface area contributed by atoms with Crippen molar-refractivity contribution in [1.82, 2.24) is 5.32 Å². The molecule has 0 radical (unpaired) electrons. The average Bonchev–Trinajstić information content (AvgIpc) is 2.55. The molecule has 8 heteroatoms. The molecule has 0 bridgehead atoms. The molecule has 0 aliphatic carbocycles. The Morgan fingerprint density at radius 2 is 1.64 bits per heavy atom. The average molecular weight is 358 g/mol. The number of carbonyl (C=O) groups excluding carboxylic acids is 1. The van der Waals surface area contributed by atoms with Crippen molar-refractivity contribution in [3.63, 3.8) is 0 Å². The zero-order valence-corrected chi connectivity index (χ0v) is 13.0. The molecule has 134 valence electrons. The van der Waals surface area contributed by atoms with Crippen LogP contribution in [0.15, 0.2) is 42.5 Å². The third-order valence-corrected chi connectivity index (χ3v) is 3.40. The summed E-state index contributed by atoms with van der Waals surface area (Å²) < 4.78 is 64.6. The summed E-state index contributed by atoms with van der Waals surface area (Å²) in [5.41, 5.74) is -0.813. The van der Waals surface area contributed by atoms with Crippen molar-refractivity contribution in [3.05, 3.63) is 65.2 Å². The largest absolute Gasteiger partial charge is 0.416 e. The van der Waals surface area contributed by atoms with Gasteiger partial charge in [0.2, 0.25) is 5.91 Å². The molecule has 0 aromatic heterocycles. The van der Waals surface area contributed by atoms with E-state index in [1.165, 1.54) is 18.2 Å². The van der Waals surface area contributed by atoms with E-state index in [1.54, 1.807) is 0 Å². The van der Waals surface area contributed by atoms with Gasteiger partial charge in [0, 0.05) is 17.8 Å². The van der Waals surface area contributed by atoms with Gasteiger partial charge in [-0.3, -0.25) is 4.79 Å². The minimum Gasteiger partial charge on any atom is -0.376 e. The lowest BCUT2D eigenvalue weighted by Crippen LogP contribution is -2.31. The zero-order valence-electron chi connectivity index (χ0n) is 13.0. The van der Waals surface area contributed by atoms with Gasteiger partial charge in [0.15, 0.2) is 0 Å². The monoisotopic (exact) mass is 358 g/mol. The fraction of sp³-hybridized carbons (Fsp3) is 0.235. The first-order valence-electron chi connectivity index (χ1n) is 7.38. The summed E-state index contributed by atoms with van der Waals surface area (Å²) in [6, 6.07) is 7.92. The number of amides is 1. The van der Waals surface area contributed by atoms with Crippen LogP contribution in [0.5, 0.6) is 0 Å². The van der Waals surface area contributed by atoms with Gasteiger partial charge in [-0.1, -0.05) is 12.1 Å².